The van der Waals surface area contributed by atoms with Crippen molar-refractivity contribution in [2.45, 2.75) is 13.3 Å². The summed E-state index contributed by atoms with van der Waals surface area (Å²) in [5, 5.41) is 2.82. The maximum Gasteiger partial charge on any atom is 0.255 e. The van der Waals surface area contributed by atoms with Crippen molar-refractivity contribution in [1.29, 1.82) is 0 Å². The van der Waals surface area contributed by atoms with Crippen LogP contribution in [0, 0.1) is 29.1 Å². The van der Waals surface area contributed by atoms with E-state index in [2.05, 4.69) is 5.32 Å². The molecular formula is C26H24F5N3O2. The number of anilines is 3. The predicted molar refractivity (Wildman–Crippen MR) is 127 cm³/mol. The van der Waals surface area contributed by atoms with Crippen molar-refractivity contribution < 1.29 is 31.5 Å². The summed E-state index contributed by atoms with van der Waals surface area (Å²) in [6.07, 6.45) is 0.856. The van der Waals surface area contributed by atoms with Crippen LogP contribution >= 0.6 is 0 Å². The molecule has 0 aliphatic carbocycles. The van der Waals surface area contributed by atoms with E-state index in [9.17, 15) is 26.7 Å². The Bertz CT molecular complexity index is 1220. The minimum absolute atomic E-state index is 0.0628. The molecule has 0 spiro atoms. The van der Waals surface area contributed by atoms with Crippen LogP contribution in [0.1, 0.15) is 23.7 Å². The molecule has 1 saturated heterocycles. The Labute approximate surface area is 205 Å². The highest BCUT2D eigenvalue weighted by atomic mass is 19.2. The first-order valence-electron chi connectivity index (χ1n) is 11.5. The average molecular weight is 505 g/mol. The van der Waals surface area contributed by atoms with E-state index in [4.69, 9.17) is 4.74 Å². The third-order valence-corrected chi connectivity index (χ3v) is 5.84. The number of hydrogen-bond acceptors (Lipinski definition) is 4. The molecule has 0 unspecified atom stereocenters. The lowest BCUT2D eigenvalue weighted by Crippen LogP contribution is -2.47. The lowest BCUT2D eigenvalue weighted by Gasteiger charge is -2.37. The van der Waals surface area contributed by atoms with Gasteiger partial charge in [-0.15, -0.1) is 0 Å². The fraction of sp³-hybridized carbons (Fsp3) is 0.269. The van der Waals surface area contributed by atoms with Crippen LogP contribution in [0.4, 0.5) is 39.0 Å². The molecular weight excluding hydrogens is 481 g/mol. The van der Waals surface area contributed by atoms with E-state index in [1.165, 1.54) is 0 Å². The van der Waals surface area contributed by atoms with E-state index in [-0.39, 0.29) is 19.0 Å². The van der Waals surface area contributed by atoms with Crippen LogP contribution in [0.15, 0.2) is 48.5 Å². The molecule has 1 N–H and O–H groups in total. The van der Waals surface area contributed by atoms with Crippen LogP contribution in [0.2, 0.25) is 0 Å². The van der Waals surface area contributed by atoms with Gasteiger partial charge in [-0.05, 0) is 48.9 Å². The molecule has 3 aromatic carbocycles. The molecule has 4 rings (SSSR count). The number of piperazine rings is 1. The highest BCUT2D eigenvalue weighted by Crippen LogP contribution is 2.31. The van der Waals surface area contributed by atoms with Gasteiger partial charge in [-0.1, -0.05) is 13.0 Å². The van der Waals surface area contributed by atoms with Gasteiger partial charge < -0.3 is 19.9 Å². The Morgan fingerprint density at radius 3 is 2.03 bits per heavy atom. The Hall–Kier alpha value is -3.82. The summed E-state index contributed by atoms with van der Waals surface area (Å²) in [6.45, 7) is 3.28. The van der Waals surface area contributed by atoms with E-state index >= 15 is 0 Å². The molecule has 1 aliphatic rings. The fourth-order valence-electron chi connectivity index (χ4n) is 3.97. The number of rotatable bonds is 7. The van der Waals surface area contributed by atoms with Crippen LogP contribution in [0.5, 0.6) is 5.75 Å². The second-order valence-electron chi connectivity index (χ2n) is 8.27. The van der Waals surface area contributed by atoms with Gasteiger partial charge in [0.05, 0.1) is 6.61 Å². The van der Waals surface area contributed by atoms with Gasteiger partial charge in [0.15, 0.2) is 23.3 Å². The van der Waals surface area contributed by atoms with Crippen molar-refractivity contribution in [2.75, 3.05) is 47.9 Å². The van der Waals surface area contributed by atoms with E-state index in [0.29, 0.717) is 36.7 Å². The van der Waals surface area contributed by atoms with E-state index in [1.807, 2.05) is 11.8 Å². The minimum atomic E-state index is -2.17. The van der Waals surface area contributed by atoms with Crippen molar-refractivity contribution >= 4 is 23.0 Å². The summed E-state index contributed by atoms with van der Waals surface area (Å²) in [7, 11) is 0. The third-order valence-electron chi connectivity index (χ3n) is 5.84. The number of benzene rings is 3. The molecule has 1 heterocycles. The molecule has 5 nitrogen and oxygen atoms in total. The lowest BCUT2D eigenvalue weighted by molar-refractivity contribution is 0.102. The number of nitrogens with one attached hydrogen (secondary N) is 1. The van der Waals surface area contributed by atoms with Gasteiger partial charge in [0.25, 0.3) is 5.91 Å². The number of carbonyl (C=O) groups excluding carboxylic acids is 1. The van der Waals surface area contributed by atoms with Gasteiger partial charge in [-0.2, -0.15) is 0 Å². The molecule has 1 fully saturated rings. The maximum atomic E-state index is 14.1. The Morgan fingerprint density at radius 2 is 1.42 bits per heavy atom. The zero-order valence-corrected chi connectivity index (χ0v) is 19.5. The van der Waals surface area contributed by atoms with E-state index < -0.39 is 34.8 Å². The molecule has 1 amide bonds. The summed E-state index contributed by atoms with van der Waals surface area (Å²) in [6, 6.07) is 13.9. The van der Waals surface area contributed by atoms with Gasteiger partial charge in [-0.3, -0.25) is 4.79 Å². The topological polar surface area (TPSA) is 44.8 Å². The van der Waals surface area contributed by atoms with Crippen LogP contribution in [0.25, 0.3) is 0 Å². The van der Waals surface area contributed by atoms with Crippen LogP contribution < -0.4 is 19.9 Å². The Morgan fingerprint density at radius 1 is 0.833 bits per heavy atom. The first-order valence-corrected chi connectivity index (χ1v) is 11.5. The zero-order valence-electron chi connectivity index (χ0n) is 19.5. The molecule has 36 heavy (non-hydrogen) atoms. The average Bonchev–Trinajstić information content (AvgIpc) is 2.91. The van der Waals surface area contributed by atoms with Crippen molar-refractivity contribution in [3.63, 3.8) is 0 Å². The second kappa shape index (κ2) is 10.8. The molecule has 10 heteroatoms. The number of hydrogen-bond donors (Lipinski definition) is 1. The highest BCUT2D eigenvalue weighted by molar-refractivity contribution is 6.04. The quantitative estimate of drug-likeness (QED) is 0.252. The number of carbonyl (C=O) groups is 1. The first kappa shape index (κ1) is 25.3. The van der Waals surface area contributed by atoms with Gasteiger partial charge in [0, 0.05) is 43.1 Å². The molecule has 0 bridgehead atoms. The van der Waals surface area contributed by atoms with Crippen molar-refractivity contribution in [3.8, 4) is 5.75 Å². The monoisotopic (exact) mass is 505 g/mol. The molecule has 0 aromatic heterocycles. The largest absolute Gasteiger partial charge is 0.494 e. The van der Waals surface area contributed by atoms with Gasteiger partial charge in [-0.25, -0.2) is 22.0 Å². The molecule has 3 aromatic rings. The van der Waals surface area contributed by atoms with Crippen LogP contribution in [0.3, 0.4) is 0 Å². The molecule has 1 aliphatic heterocycles. The number of ether oxygens (including phenoxy) is 1. The van der Waals surface area contributed by atoms with E-state index in [0.717, 1.165) is 17.0 Å². The second-order valence-corrected chi connectivity index (χ2v) is 8.27. The molecule has 0 radical (unpaired) electrons. The number of halogens is 5. The van der Waals surface area contributed by atoms with Gasteiger partial charge >= 0.3 is 0 Å². The number of amides is 1. The SMILES string of the molecule is CCCOc1cccc(C(=O)Nc2ccc(N3CCN(c4c(F)c(F)c(F)c(F)c4F)CC3)cc2)c1. The highest BCUT2D eigenvalue weighted by Gasteiger charge is 2.30. The lowest BCUT2D eigenvalue weighted by atomic mass is 10.1. The van der Waals surface area contributed by atoms with Crippen molar-refractivity contribution in [2.24, 2.45) is 0 Å². The summed E-state index contributed by atoms with van der Waals surface area (Å²) in [5.41, 5.74) is 0.911. The summed E-state index contributed by atoms with van der Waals surface area (Å²) < 4.78 is 74.3. The zero-order chi connectivity index (χ0) is 25.8. The van der Waals surface area contributed by atoms with Gasteiger partial charge in [0.1, 0.15) is 11.4 Å². The third kappa shape index (κ3) is 5.22. The standard InChI is InChI=1S/C26H24F5N3O2/c1-2-14-36-19-5-3-4-16(15-19)26(35)32-17-6-8-18(9-7-17)33-10-12-34(13-11-33)25-23(30)21(28)20(27)22(29)24(25)31/h3-9,15H,2,10-14H2,1H3,(H,32,35). The predicted octanol–water partition coefficient (Wildman–Crippen LogP) is 5.75. The summed E-state index contributed by atoms with van der Waals surface area (Å²) >= 11 is 0. The Balaban J connectivity index is 1.38. The number of nitrogens with zero attached hydrogens (tertiary/aromatic N) is 2. The van der Waals surface area contributed by atoms with Gasteiger partial charge in [0.2, 0.25) is 5.82 Å². The molecule has 0 saturated carbocycles. The van der Waals surface area contributed by atoms with Crippen LogP contribution in [-0.4, -0.2) is 38.7 Å². The summed E-state index contributed by atoms with van der Waals surface area (Å²) in [5.74, 6) is -9.42. The molecule has 0 atom stereocenters. The smallest absolute Gasteiger partial charge is 0.255 e. The van der Waals surface area contributed by atoms with Crippen molar-refractivity contribution in [3.05, 3.63) is 83.2 Å². The molecule has 190 valence electrons. The normalized spacial score (nSPS) is 13.6. The first-order chi connectivity index (χ1) is 17.3. The minimum Gasteiger partial charge on any atom is -0.494 e. The Kier molecular flexibility index (Phi) is 7.61. The maximum absolute atomic E-state index is 14.1. The van der Waals surface area contributed by atoms with Crippen LogP contribution in [-0.2, 0) is 0 Å². The van der Waals surface area contributed by atoms with Crippen molar-refractivity contribution in [1.82, 2.24) is 0 Å². The van der Waals surface area contributed by atoms with E-state index in [1.54, 1.807) is 48.5 Å². The summed E-state index contributed by atoms with van der Waals surface area (Å²) in [4.78, 5) is 15.7. The fourth-order valence-corrected chi connectivity index (χ4v) is 3.97.